The van der Waals surface area contributed by atoms with E-state index < -0.39 is 0 Å². The fourth-order valence-corrected chi connectivity index (χ4v) is 5.81. The van der Waals surface area contributed by atoms with Gasteiger partial charge in [-0.15, -0.1) is 0 Å². The molecule has 7 aromatic carbocycles. The molecule has 0 saturated heterocycles. The van der Waals surface area contributed by atoms with Crippen molar-refractivity contribution in [3.63, 3.8) is 0 Å². The lowest BCUT2D eigenvalue weighted by molar-refractivity contribution is 0.669. The van der Waals surface area contributed by atoms with Crippen LogP contribution in [0.25, 0.3) is 55.3 Å². The van der Waals surface area contributed by atoms with Crippen molar-refractivity contribution in [3.8, 4) is 33.4 Å². The third kappa shape index (κ3) is 4.73. The zero-order valence-corrected chi connectivity index (χ0v) is 23.8. The lowest BCUT2D eigenvalue weighted by atomic mass is 9.99. The van der Waals surface area contributed by atoms with Gasteiger partial charge in [-0.2, -0.15) is 0 Å². The van der Waals surface area contributed by atoms with Crippen molar-refractivity contribution in [3.05, 3.63) is 176 Å². The Labute approximate surface area is 262 Å². The van der Waals surface area contributed by atoms with Gasteiger partial charge < -0.3 is 9.32 Å². The highest BCUT2D eigenvalue weighted by Gasteiger charge is 2.16. The van der Waals surface area contributed by atoms with Crippen LogP contribution in [-0.4, -0.2) is 0 Å². The standard InChI is InChI=1S/C42H29NO/c1-3-10-30(11-4-1)32-18-24-35(25-19-32)43(36-26-20-33(21-27-36)31-12-5-2-6-13-31)37-28-22-34(23-29-37)38-15-9-17-41-42(38)39-14-7-8-16-40(39)44-41/h1-29H/i18D,19D,24D,25D. The predicted octanol–water partition coefficient (Wildman–Crippen LogP) is 12.1. The van der Waals surface area contributed by atoms with Crippen LogP contribution in [0.2, 0.25) is 0 Å². The minimum Gasteiger partial charge on any atom is -0.456 e. The Morgan fingerprint density at radius 1 is 0.386 bits per heavy atom. The monoisotopic (exact) mass is 567 g/mol. The SMILES string of the molecule is [2H]c1c([2H])c(N(c2ccc(-c3ccccc3)cc2)c2ccc(-c3cccc4oc5ccccc5c34)cc2)c([2H])c([2H])c1-c1ccccc1. The van der Waals surface area contributed by atoms with Gasteiger partial charge in [-0.25, -0.2) is 0 Å². The van der Waals surface area contributed by atoms with Gasteiger partial charge in [0.15, 0.2) is 0 Å². The van der Waals surface area contributed by atoms with Crippen molar-refractivity contribution >= 4 is 39.0 Å². The van der Waals surface area contributed by atoms with Gasteiger partial charge in [0.2, 0.25) is 0 Å². The lowest BCUT2D eigenvalue weighted by Crippen LogP contribution is -2.09. The molecular weight excluding hydrogens is 534 g/mol. The first-order chi connectivity index (χ1) is 23.5. The highest BCUT2D eigenvalue weighted by molar-refractivity contribution is 6.12. The summed E-state index contributed by atoms with van der Waals surface area (Å²) in [4.78, 5) is 1.82. The molecule has 0 atom stereocenters. The van der Waals surface area contributed by atoms with Gasteiger partial charge in [0, 0.05) is 27.8 Å². The highest BCUT2D eigenvalue weighted by atomic mass is 16.3. The van der Waals surface area contributed by atoms with Gasteiger partial charge in [0.1, 0.15) is 11.2 Å². The Morgan fingerprint density at radius 2 is 0.909 bits per heavy atom. The normalized spacial score (nSPS) is 12.5. The number of nitrogens with zero attached hydrogens (tertiary/aromatic N) is 1. The molecule has 0 N–H and O–H groups in total. The minimum atomic E-state index is -0.110. The Bertz CT molecular complexity index is 2390. The van der Waals surface area contributed by atoms with E-state index in [-0.39, 0.29) is 35.4 Å². The first-order valence-corrected chi connectivity index (χ1v) is 14.6. The summed E-state index contributed by atoms with van der Waals surface area (Å²) in [6.07, 6.45) is 0. The van der Waals surface area contributed by atoms with Crippen LogP contribution in [0.1, 0.15) is 5.48 Å². The molecule has 0 unspecified atom stereocenters. The van der Waals surface area contributed by atoms with Crippen LogP contribution in [0.4, 0.5) is 17.1 Å². The maximum atomic E-state index is 9.21. The minimum absolute atomic E-state index is 0.0850. The van der Waals surface area contributed by atoms with Crippen molar-refractivity contribution < 1.29 is 9.90 Å². The van der Waals surface area contributed by atoms with Gasteiger partial charge in [-0.1, -0.05) is 127 Å². The number of rotatable bonds is 6. The second-order valence-corrected chi connectivity index (χ2v) is 10.7. The summed E-state index contributed by atoms with van der Waals surface area (Å²) in [6.45, 7) is 0. The Kier molecular flexibility index (Phi) is 5.49. The van der Waals surface area contributed by atoms with Crippen LogP contribution < -0.4 is 4.90 Å². The summed E-state index contributed by atoms with van der Waals surface area (Å²) < 4.78 is 42.6. The van der Waals surface area contributed by atoms with Crippen LogP contribution in [0.5, 0.6) is 0 Å². The van der Waals surface area contributed by atoms with Crippen molar-refractivity contribution in [2.24, 2.45) is 0 Å². The molecule has 0 saturated carbocycles. The van der Waals surface area contributed by atoms with Gasteiger partial charge >= 0.3 is 0 Å². The van der Waals surface area contributed by atoms with Crippen molar-refractivity contribution in [1.82, 2.24) is 0 Å². The number of hydrogen-bond donors (Lipinski definition) is 0. The van der Waals surface area contributed by atoms with Gasteiger partial charge in [-0.3, -0.25) is 0 Å². The van der Waals surface area contributed by atoms with Crippen LogP contribution in [0, 0.1) is 0 Å². The highest BCUT2D eigenvalue weighted by Crippen LogP contribution is 2.40. The third-order valence-electron chi connectivity index (χ3n) is 7.97. The topological polar surface area (TPSA) is 16.4 Å². The van der Waals surface area contributed by atoms with Gasteiger partial charge in [0.25, 0.3) is 0 Å². The first kappa shape index (κ1) is 21.8. The molecule has 0 aliphatic rings. The Balaban J connectivity index is 1.29. The van der Waals surface area contributed by atoms with Crippen LogP contribution in [-0.2, 0) is 0 Å². The molecule has 2 nitrogen and oxygen atoms in total. The van der Waals surface area contributed by atoms with Crippen LogP contribution in [0.15, 0.2) is 180 Å². The fraction of sp³-hybridized carbons (Fsp3) is 0. The number of hydrogen-bond acceptors (Lipinski definition) is 2. The average Bonchev–Trinajstić information content (AvgIpc) is 3.53. The molecule has 0 aliphatic heterocycles. The Morgan fingerprint density at radius 3 is 1.57 bits per heavy atom. The molecule has 0 fully saturated rings. The molecule has 1 heterocycles. The maximum Gasteiger partial charge on any atom is 0.136 e. The second kappa shape index (κ2) is 11.1. The number of para-hydroxylation sites is 1. The summed E-state index contributed by atoms with van der Waals surface area (Å²) in [5.74, 6) is 0. The number of anilines is 3. The van der Waals surface area contributed by atoms with Crippen molar-refractivity contribution in [1.29, 1.82) is 0 Å². The van der Waals surface area contributed by atoms with Gasteiger partial charge in [0.05, 0.1) is 5.48 Å². The largest absolute Gasteiger partial charge is 0.456 e. The van der Waals surface area contributed by atoms with E-state index in [1.165, 1.54) is 0 Å². The fourth-order valence-electron chi connectivity index (χ4n) is 5.81. The summed E-state index contributed by atoms with van der Waals surface area (Å²) in [6, 6.07) is 49.0. The molecule has 44 heavy (non-hydrogen) atoms. The molecular formula is C42H29NO. The Hall–Kier alpha value is -5.86. The van der Waals surface area contributed by atoms with E-state index in [9.17, 15) is 2.74 Å². The molecule has 208 valence electrons. The number of benzene rings is 7. The summed E-state index contributed by atoms with van der Waals surface area (Å²) in [7, 11) is 0. The molecule has 0 spiro atoms. The molecule has 1 aromatic heterocycles. The van der Waals surface area contributed by atoms with Crippen LogP contribution >= 0.6 is 0 Å². The van der Waals surface area contributed by atoms with Crippen molar-refractivity contribution in [2.75, 3.05) is 4.90 Å². The zero-order chi connectivity index (χ0) is 32.8. The number of furan rings is 1. The van der Waals surface area contributed by atoms with E-state index in [1.54, 1.807) is 0 Å². The smallest absolute Gasteiger partial charge is 0.136 e. The molecule has 8 rings (SSSR count). The summed E-state index contributed by atoms with van der Waals surface area (Å²) in [5, 5.41) is 2.10. The lowest BCUT2D eigenvalue weighted by Gasteiger charge is -2.26. The summed E-state index contributed by atoms with van der Waals surface area (Å²) in [5.41, 5.74) is 8.36. The first-order valence-electron chi connectivity index (χ1n) is 16.6. The van der Waals surface area contributed by atoms with E-state index in [4.69, 9.17) is 7.16 Å². The molecule has 2 heteroatoms. The molecule has 0 bridgehead atoms. The zero-order valence-electron chi connectivity index (χ0n) is 27.8. The second-order valence-electron chi connectivity index (χ2n) is 10.7. The third-order valence-corrected chi connectivity index (χ3v) is 7.97. The molecule has 0 amide bonds. The average molecular weight is 568 g/mol. The quantitative estimate of drug-likeness (QED) is 0.199. The molecule has 0 aliphatic carbocycles. The maximum absolute atomic E-state index is 9.21. The van der Waals surface area contributed by atoms with Crippen molar-refractivity contribution in [2.45, 2.75) is 0 Å². The van der Waals surface area contributed by atoms with E-state index in [1.807, 2.05) is 132 Å². The molecule has 8 aromatic rings. The van der Waals surface area contributed by atoms with E-state index in [2.05, 4.69) is 24.3 Å². The molecule has 0 radical (unpaired) electrons. The number of fused-ring (bicyclic) bond motifs is 3. The van der Waals surface area contributed by atoms with Gasteiger partial charge in [-0.05, 0) is 81.9 Å². The predicted molar refractivity (Wildman–Crippen MR) is 185 cm³/mol. The van der Waals surface area contributed by atoms with E-state index in [0.29, 0.717) is 11.3 Å². The van der Waals surface area contributed by atoms with Crippen LogP contribution in [0.3, 0.4) is 0 Å². The van der Waals surface area contributed by atoms with E-state index >= 15 is 0 Å². The van der Waals surface area contributed by atoms with E-state index in [0.717, 1.165) is 49.9 Å². The summed E-state index contributed by atoms with van der Waals surface area (Å²) >= 11 is 0.